The fourth-order valence-corrected chi connectivity index (χ4v) is 3.83. The van der Waals surface area contributed by atoms with Gasteiger partial charge in [-0.05, 0) is 96.5 Å². The first-order chi connectivity index (χ1) is 15.7. The van der Waals surface area contributed by atoms with Crippen LogP contribution in [0.25, 0.3) is 0 Å². The van der Waals surface area contributed by atoms with Gasteiger partial charge in [0.15, 0.2) is 11.1 Å². The van der Waals surface area contributed by atoms with Crippen molar-refractivity contribution in [1.82, 2.24) is 5.06 Å². The van der Waals surface area contributed by atoms with Gasteiger partial charge in [-0.1, -0.05) is 33.9 Å². The zero-order valence-corrected chi connectivity index (χ0v) is 21.2. The minimum atomic E-state index is -0.605. The maximum absolute atomic E-state index is 12.8. The van der Waals surface area contributed by atoms with Crippen LogP contribution in [0.4, 0.5) is 0 Å². The Hall–Kier alpha value is -3.30. The Morgan fingerprint density at radius 1 is 0.735 bits per heavy atom. The lowest BCUT2D eigenvalue weighted by Crippen LogP contribution is -2.50. The monoisotopic (exact) mass is 456 g/mol. The maximum Gasteiger partial charge on any atom is 0.364 e. The summed E-state index contributed by atoms with van der Waals surface area (Å²) in [5.74, 6) is 7.24. The van der Waals surface area contributed by atoms with Gasteiger partial charge >= 0.3 is 5.84 Å². The molecule has 0 amide bonds. The van der Waals surface area contributed by atoms with E-state index >= 15 is 0 Å². The zero-order valence-electron chi connectivity index (χ0n) is 21.2. The van der Waals surface area contributed by atoms with Crippen LogP contribution in [-0.4, -0.2) is 43.7 Å². The Balaban J connectivity index is 1.51. The van der Waals surface area contributed by atoms with Crippen molar-refractivity contribution in [2.45, 2.75) is 77.5 Å². The summed E-state index contributed by atoms with van der Waals surface area (Å²) in [6.07, 6.45) is 0. The van der Waals surface area contributed by atoms with Gasteiger partial charge in [0.1, 0.15) is 5.84 Å². The Bertz CT molecular complexity index is 1270. The molecule has 0 atom stereocenters. The van der Waals surface area contributed by atoms with Crippen LogP contribution in [-0.2, 0) is 0 Å². The molecule has 0 radical (unpaired) electrons. The fourth-order valence-electron chi connectivity index (χ4n) is 3.83. The van der Waals surface area contributed by atoms with Crippen molar-refractivity contribution >= 4 is 11.7 Å². The summed E-state index contributed by atoms with van der Waals surface area (Å²) in [5, 5.41) is 13.8. The molecule has 0 bridgehead atoms. The minimum absolute atomic E-state index is 0.457. The predicted octanol–water partition coefficient (Wildman–Crippen LogP) is 5.30. The van der Waals surface area contributed by atoms with Crippen molar-refractivity contribution in [2.24, 2.45) is 9.98 Å². The van der Waals surface area contributed by atoms with E-state index in [0.29, 0.717) is 11.7 Å². The third-order valence-electron chi connectivity index (χ3n) is 7.80. The standard InChI is InChI=1S/C28H32N4O2/c1-25(2)27(5,6)31(33)23(29-25)21-15-11-19(12-16-21)9-10-20-13-17-22(18-14-20)24-30-26(3,4)28(7,8)32(24)34/h11-18H,1-8H3. The van der Waals surface area contributed by atoms with Crippen LogP contribution in [0, 0.1) is 22.0 Å². The van der Waals surface area contributed by atoms with Crippen LogP contribution in [0.2, 0.25) is 0 Å². The van der Waals surface area contributed by atoms with E-state index < -0.39 is 22.2 Å². The van der Waals surface area contributed by atoms with Crippen molar-refractivity contribution in [3.8, 4) is 11.8 Å². The third-order valence-corrected chi connectivity index (χ3v) is 7.80. The average molecular weight is 457 g/mol. The summed E-state index contributed by atoms with van der Waals surface area (Å²) in [4.78, 5) is 22.1. The molecule has 6 heteroatoms. The van der Waals surface area contributed by atoms with Crippen LogP contribution in [0.3, 0.4) is 0 Å². The highest BCUT2D eigenvalue weighted by Gasteiger charge is 2.59. The second-order valence-electron chi connectivity index (χ2n) is 11.1. The van der Waals surface area contributed by atoms with Crippen molar-refractivity contribution in [2.75, 3.05) is 0 Å². The highest BCUT2D eigenvalue weighted by molar-refractivity contribution is 6.01. The van der Waals surface area contributed by atoms with Gasteiger partial charge in [0.05, 0.1) is 11.1 Å². The van der Waals surface area contributed by atoms with E-state index in [0.717, 1.165) is 32.1 Å². The van der Waals surface area contributed by atoms with Gasteiger partial charge < -0.3 is 10.3 Å². The number of hydrogen-bond acceptors (Lipinski definition) is 5. The molecule has 4 rings (SSSR count). The number of nitrogens with zero attached hydrogens (tertiary/aromatic N) is 4. The predicted molar refractivity (Wildman–Crippen MR) is 137 cm³/mol. The van der Waals surface area contributed by atoms with E-state index in [9.17, 15) is 10.1 Å². The minimum Gasteiger partial charge on any atom is -0.757 e. The third kappa shape index (κ3) is 3.65. The van der Waals surface area contributed by atoms with Gasteiger partial charge in [-0.3, -0.25) is 4.99 Å². The van der Waals surface area contributed by atoms with Crippen LogP contribution >= 0.6 is 0 Å². The molecule has 0 unspecified atom stereocenters. The highest BCUT2D eigenvalue weighted by Crippen LogP contribution is 2.38. The molecule has 0 N–H and O–H groups in total. The summed E-state index contributed by atoms with van der Waals surface area (Å²) in [7, 11) is 0. The van der Waals surface area contributed by atoms with Crippen LogP contribution in [0.5, 0.6) is 0 Å². The number of nitroso groups, excluding NO2 is 1. The first-order valence-corrected chi connectivity index (χ1v) is 11.5. The molecule has 2 heterocycles. The Kier molecular flexibility index (Phi) is 5.34. The normalized spacial score (nSPS) is 21.6. The average Bonchev–Trinajstić information content (AvgIpc) is 3.05. The zero-order chi connectivity index (χ0) is 25.1. The van der Waals surface area contributed by atoms with Crippen LogP contribution in [0.15, 0.2) is 58.5 Å². The number of hydrogen-bond donors (Lipinski definition) is 0. The second-order valence-corrected chi connectivity index (χ2v) is 11.1. The molecule has 0 saturated heterocycles. The molecule has 2 aliphatic rings. The van der Waals surface area contributed by atoms with Crippen molar-refractivity contribution in [3.63, 3.8) is 0 Å². The number of benzene rings is 2. The van der Waals surface area contributed by atoms with Crippen molar-refractivity contribution in [1.29, 1.82) is 0 Å². The molecule has 0 fully saturated rings. The number of aliphatic imine (C=N–C) groups is 2. The maximum atomic E-state index is 12.8. The van der Waals surface area contributed by atoms with Gasteiger partial charge in [-0.2, -0.15) is 0 Å². The molecular weight excluding hydrogens is 424 g/mol. The lowest BCUT2D eigenvalue weighted by molar-refractivity contribution is -0.514. The lowest BCUT2D eigenvalue weighted by atomic mass is 9.84. The van der Waals surface area contributed by atoms with E-state index in [1.54, 1.807) is 0 Å². The first-order valence-electron chi connectivity index (χ1n) is 11.5. The topological polar surface area (TPSA) is 71.1 Å². The second kappa shape index (κ2) is 7.61. The van der Waals surface area contributed by atoms with E-state index in [2.05, 4.69) is 21.8 Å². The Morgan fingerprint density at radius 2 is 1.21 bits per heavy atom. The van der Waals surface area contributed by atoms with E-state index in [4.69, 9.17) is 0 Å². The highest BCUT2D eigenvalue weighted by atomic mass is 16.5. The molecule has 2 aromatic carbocycles. The largest absolute Gasteiger partial charge is 0.757 e. The van der Waals surface area contributed by atoms with Gasteiger partial charge in [-0.15, -0.1) is 0 Å². The molecule has 0 saturated carbocycles. The quantitative estimate of drug-likeness (QED) is 0.455. The van der Waals surface area contributed by atoms with Crippen LogP contribution < -0.4 is 0 Å². The van der Waals surface area contributed by atoms with Gasteiger partial charge in [-0.25, -0.2) is 0 Å². The molecule has 0 spiro atoms. The molecule has 2 aliphatic heterocycles. The van der Waals surface area contributed by atoms with Crippen LogP contribution in [0.1, 0.15) is 77.6 Å². The summed E-state index contributed by atoms with van der Waals surface area (Å²) in [6, 6.07) is 15.2. The Morgan fingerprint density at radius 3 is 1.59 bits per heavy atom. The summed E-state index contributed by atoms with van der Waals surface area (Å²) < 4.78 is 1.01. The molecule has 2 aromatic rings. The summed E-state index contributed by atoms with van der Waals surface area (Å²) in [5.41, 5.74) is 1.12. The SMILES string of the molecule is CC1(C)N=C(c2ccc(C#Cc3ccc(C4=NC(C)(C)C(C)(C)[N+]4=O)cc3)cc2)N([O-])C1(C)C. The Labute approximate surface area is 202 Å². The summed E-state index contributed by atoms with van der Waals surface area (Å²) in [6.45, 7) is 15.6. The summed E-state index contributed by atoms with van der Waals surface area (Å²) >= 11 is 0. The smallest absolute Gasteiger partial charge is 0.364 e. The van der Waals surface area contributed by atoms with Crippen molar-refractivity contribution < 1.29 is 4.76 Å². The molecule has 34 heavy (non-hydrogen) atoms. The van der Waals surface area contributed by atoms with Gasteiger partial charge in [0.2, 0.25) is 0 Å². The fraction of sp³-hybridized carbons (Fsp3) is 0.429. The number of hydroxylamine groups is 2. The van der Waals surface area contributed by atoms with Gasteiger partial charge in [0.25, 0.3) is 0 Å². The molecule has 0 aliphatic carbocycles. The molecule has 0 aromatic heterocycles. The molecular formula is C28H32N4O2. The van der Waals surface area contributed by atoms with E-state index in [1.807, 2.05) is 104 Å². The number of amidine groups is 2. The number of rotatable bonds is 2. The van der Waals surface area contributed by atoms with E-state index in [-0.39, 0.29) is 0 Å². The first kappa shape index (κ1) is 23.8. The van der Waals surface area contributed by atoms with Crippen molar-refractivity contribution in [3.05, 3.63) is 80.9 Å². The molecule has 176 valence electrons. The molecule has 6 nitrogen and oxygen atoms in total. The van der Waals surface area contributed by atoms with Gasteiger partial charge in [0, 0.05) is 22.2 Å². The lowest BCUT2D eigenvalue weighted by Gasteiger charge is -2.45. The van der Waals surface area contributed by atoms with E-state index in [1.165, 1.54) is 0 Å².